The summed E-state index contributed by atoms with van der Waals surface area (Å²) in [5.41, 5.74) is 6.35. The van der Waals surface area contributed by atoms with Gasteiger partial charge in [-0.15, -0.1) is 0 Å². The van der Waals surface area contributed by atoms with Gasteiger partial charge in [-0.3, -0.25) is 14.4 Å². The minimum Gasteiger partial charge on any atom is -0.484 e. The summed E-state index contributed by atoms with van der Waals surface area (Å²) in [6.07, 6.45) is 1.84. The topological polar surface area (TPSA) is 111 Å². The van der Waals surface area contributed by atoms with Crippen molar-refractivity contribution in [1.29, 1.82) is 0 Å². The first-order chi connectivity index (χ1) is 12.9. The van der Waals surface area contributed by atoms with Crippen molar-refractivity contribution >= 4 is 40.7 Å². The summed E-state index contributed by atoms with van der Waals surface area (Å²) in [4.78, 5) is 35.1. The Balaban J connectivity index is 1.55. The van der Waals surface area contributed by atoms with E-state index in [1.807, 2.05) is 0 Å². The van der Waals surface area contributed by atoms with Gasteiger partial charge in [-0.05, 0) is 43.2 Å². The smallest absolute Gasteiger partial charge is 0.262 e. The van der Waals surface area contributed by atoms with E-state index in [0.29, 0.717) is 17.1 Å². The molecule has 0 atom stereocenters. The lowest BCUT2D eigenvalue weighted by molar-refractivity contribution is -0.118. The summed E-state index contributed by atoms with van der Waals surface area (Å²) in [6, 6.07) is 11.3. The molecule has 4 N–H and O–H groups in total. The van der Waals surface area contributed by atoms with Gasteiger partial charge >= 0.3 is 0 Å². The molecule has 3 amide bonds. The van der Waals surface area contributed by atoms with Crippen molar-refractivity contribution in [3.8, 4) is 5.75 Å². The van der Waals surface area contributed by atoms with Crippen LogP contribution in [-0.2, 0) is 9.59 Å². The number of ether oxygens (including phenoxy) is 1. The van der Waals surface area contributed by atoms with Crippen molar-refractivity contribution in [2.75, 3.05) is 17.2 Å². The molecule has 1 aliphatic rings. The number of halogens is 1. The quantitative estimate of drug-likeness (QED) is 0.678. The van der Waals surface area contributed by atoms with Gasteiger partial charge in [0.25, 0.3) is 5.91 Å². The zero-order chi connectivity index (χ0) is 19.4. The first kappa shape index (κ1) is 18.7. The molecule has 3 rings (SSSR count). The maximum Gasteiger partial charge on any atom is 0.262 e. The molecule has 0 saturated heterocycles. The van der Waals surface area contributed by atoms with Crippen LogP contribution in [0.1, 0.15) is 23.2 Å². The number of benzene rings is 2. The Morgan fingerprint density at radius 2 is 1.81 bits per heavy atom. The molecule has 1 saturated carbocycles. The van der Waals surface area contributed by atoms with E-state index < -0.39 is 11.8 Å². The maximum atomic E-state index is 12.1. The highest BCUT2D eigenvalue weighted by Gasteiger charge is 2.29. The zero-order valence-corrected chi connectivity index (χ0v) is 15.1. The molecular weight excluding hydrogens is 370 g/mol. The standard InChI is InChI=1S/C19H18ClN3O4/c20-16-7-6-13(9-15(16)18(21)25)22-17(24)10-27-14-3-1-2-12(8-14)23-19(26)11-4-5-11/h1-3,6-9,11H,4-5,10H2,(H2,21,25)(H,22,24)(H,23,26). The van der Waals surface area contributed by atoms with Crippen LogP contribution < -0.4 is 21.1 Å². The molecule has 0 radical (unpaired) electrons. The number of primary amides is 1. The summed E-state index contributed by atoms with van der Waals surface area (Å²) in [5, 5.41) is 5.63. The number of hydrogen-bond donors (Lipinski definition) is 3. The number of carbonyl (C=O) groups excluding carboxylic acids is 3. The molecule has 2 aromatic rings. The van der Waals surface area contributed by atoms with Crippen LogP contribution in [0.4, 0.5) is 11.4 Å². The van der Waals surface area contributed by atoms with E-state index in [-0.39, 0.29) is 29.0 Å². The van der Waals surface area contributed by atoms with Crippen LogP contribution in [0.25, 0.3) is 0 Å². The van der Waals surface area contributed by atoms with Crippen molar-refractivity contribution < 1.29 is 19.1 Å². The first-order valence-corrected chi connectivity index (χ1v) is 8.73. The van der Waals surface area contributed by atoms with Gasteiger partial charge < -0.3 is 21.1 Å². The summed E-state index contributed by atoms with van der Waals surface area (Å²) in [6.45, 7) is -0.242. The zero-order valence-electron chi connectivity index (χ0n) is 14.3. The second kappa shape index (κ2) is 8.09. The van der Waals surface area contributed by atoms with Gasteiger partial charge in [0.1, 0.15) is 5.75 Å². The average Bonchev–Trinajstić information content (AvgIpc) is 3.47. The summed E-state index contributed by atoms with van der Waals surface area (Å²) < 4.78 is 5.46. The Kier molecular flexibility index (Phi) is 5.61. The van der Waals surface area contributed by atoms with Gasteiger partial charge in [-0.25, -0.2) is 0 Å². The van der Waals surface area contributed by atoms with Crippen LogP contribution in [0.3, 0.4) is 0 Å². The van der Waals surface area contributed by atoms with Gasteiger partial charge in [0.15, 0.2) is 6.61 Å². The third kappa shape index (κ3) is 5.21. The molecule has 140 valence electrons. The van der Waals surface area contributed by atoms with Crippen LogP contribution in [0.5, 0.6) is 5.75 Å². The predicted octanol–water partition coefficient (Wildman–Crippen LogP) is 2.80. The third-order valence-electron chi connectivity index (χ3n) is 3.94. The van der Waals surface area contributed by atoms with Crippen LogP contribution in [0.15, 0.2) is 42.5 Å². The molecule has 0 bridgehead atoms. The molecule has 0 spiro atoms. The molecule has 0 heterocycles. The molecular formula is C19H18ClN3O4. The molecule has 0 aromatic heterocycles. The van der Waals surface area contributed by atoms with Crippen LogP contribution >= 0.6 is 11.6 Å². The van der Waals surface area contributed by atoms with E-state index in [1.54, 1.807) is 30.3 Å². The molecule has 2 aromatic carbocycles. The molecule has 1 aliphatic carbocycles. The average molecular weight is 388 g/mol. The van der Waals surface area contributed by atoms with Crippen molar-refractivity contribution in [3.63, 3.8) is 0 Å². The van der Waals surface area contributed by atoms with E-state index in [4.69, 9.17) is 22.1 Å². The number of nitrogens with one attached hydrogen (secondary N) is 2. The molecule has 27 heavy (non-hydrogen) atoms. The minimum atomic E-state index is -0.683. The summed E-state index contributed by atoms with van der Waals surface area (Å²) in [7, 11) is 0. The van der Waals surface area contributed by atoms with E-state index in [2.05, 4.69) is 10.6 Å². The fourth-order valence-corrected chi connectivity index (χ4v) is 2.60. The van der Waals surface area contributed by atoms with Crippen LogP contribution in [-0.4, -0.2) is 24.3 Å². The molecule has 7 nitrogen and oxygen atoms in total. The highest BCUT2D eigenvalue weighted by molar-refractivity contribution is 6.34. The lowest BCUT2D eigenvalue weighted by atomic mass is 10.2. The number of hydrogen-bond acceptors (Lipinski definition) is 4. The number of nitrogens with two attached hydrogens (primary N) is 1. The highest BCUT2D eigenvalue weighted by atomic mass is 35.5. The number of anilines is 2. The Bertz CT molecular complexity index is 896. The predicted molar refractivity (Wildman–Crippen MR) is 102 cm³/mol. The van der Waals surface area contributed by atoms with Gasteiger partial charge in [0.05, 0.1) is 10.6 Å². The number of amides is 3. The minimum absolute atomic E-state index is 0.00196. The fraction of sp³-hybridized carbons (Fsp3) is 0.211. The van der Waals surface area contributed by atoms with Crippen molar-refractivity contribution in [1.82, 2.24) is 0 Å². The first-order valence-electron chi connectivity index (χ1n) is 8.35. The van der Waals surface area contributed by atoms with E-state index in [1.165, 1.54) is 12.1 Å². The highest BCUT2D eigenvalue weighted by Crippen LogP contribution is 2.30. The Morgan fingerprint density at radius 3 is 2.52 bits per heavy atom. The van der Waals surface area contributed by atoms with Crippen molar-refractivity contribution in [3.05, 3.63) is 53.1 Å². The van der Waals surface area contributed by atoms with Gasteiger partial charge in [-0.1, -0.05) is 17.7 Å². The Hall–Kier alpha value is -3.06. The molecule has 1 fully saturated rings. The maximum absolute atomic E-state index is 12.1. The van der Waals surface area contributed by atoms with Crippen LogP contribution in [0.2, 0.25) is 5.02 Å². The number of carbonyl (C=O) groups is 3. The van der Waals surface area contributed by atoms with Gasteiger partial charge in [0, 0.05) is 23.4 Å². The lowest BCUT2D eigenvalue weighted by Gasteiger charge is -2.10. The summed E-state index contributed by atoms with van der Waals surface area (Å²) >= 11 is 5.87. The number of rotatable bonds is 7. The lowest BCUT2D eigenvalue weighted by Crippen LogP contribution is -2.21. The van der Waals surface area contributed by atoms with Crippen molar-refractivity contribution in [2.45, 2.75) is 12.8 Å². The van der Waals surface area contributed by atoms with E-state index in [0.717, 1.165) is 12.8 Å². The SMILES string of the molecule is NC(=O)c1cc(NC(=O)COc2cccc(NC(=O)C3CC3)c2)ccc1Cl. The van der Waals surface area contributed by atoms with Gasteiger partial charge in [-0.2, -0.15) is 0 Å². The monoisotopic (exact) mass is 387 g/mol. The molecule has 0 aliphatic heterocycles. The fourth-order valence-electron chi connectivity index (χ4n) is 2.39. The summed E-state index contributed by atoms with van der Waals surface area (Å²) in [5.74, 6) is -0.548. The normalized spacial score (nSPS) is 12.9. The second-order valence-corrected chi connectivity index (χ2v) is 6.59. The molecule has 8 heteroatoms. The van der Waals surface area contributed by atoms with Crippen LogP contribution in [0, 0.1) is 5.92 Å². The van der Waals surface area contributed by atoms with E-state index in [9.17, 15) is 14.4 Å². The third-order valence-corrected chi connectivity index (χ3v) is 4.26. The largest absolute Gasteiger partial charge is 0.484 e. The van der Waals surface area contributed by atoms with E-state index >= 15 is 0 Å². The second-order valence-electron chi connectivity index (χ2n) is 6.19. The molecule has 0 unspecified atom stereocenters. The van der Waals surface area contributed by atoms with Gasteiger partial charge in [0.2, 0.25) is 11.8 Å². The Labute approximate surface area is 160 Å². The Morgan fingerprint density at radius 1 is 1.07 bits per heavy atom. The van der Waals surface area contributed by atoms with Crippen molar-refractivity contribution in [2.24, 2.45) is 11.7 Å².